The molecule has 1 unspecified atom stereocenters. The number of rotatable bonds is 6. The van der Waals surface area contributed by atoms with E-state index in [4.69, 9.17) is 9.15 Å². The van der Waals surface area contributed by atoms with E-state index in [9.17, 15) is 14.4 Å². The minimum absolute atomic E-state index is 0.179. The number of benzene rings is 2. The summed E-state index contributed by atoms with van der Waals surface area (Å²) < 4.78 is 11.5. The van der Waals surface area contributed by atoms with Crippen molar-refractivity contribution in [3.8, 4) is 0 Å². The molecule has 1 aliphatic heterocycles. The van der Waals surface area contributed by atoms with Gasteiger partial charge in [-0.2, -0.15) is 0 Å². The third kappa shape index (κ3) is 4.19. The molecule has 0 radical (unpaired) electrons. The molecule has 174 valence electrons. The zero-order valence-corrected chi connectivity index (χ0v) is 19.7. The number of hydrogen-bond donors (Lipinski definition) is 1. The van der Waals surface area contributed by atoms with Gasteiger partial charge in [-0.05, 0) is 33.3 Å². The first-order chi connectivity index (χ1) is 16.3. The molecule has 0 fully saturated rings. The van der Waals surface area contributed by atoms with Gasteiger partial charge in [0.15, 0.2) is 11.2 Å². The van der Waals surface area contributed by atoms with Gasteiger partial charge < -0.3 is 14.5 Å². The molecule has 1 atom stereocenters. The maximum atomic E-state index is 13.8. The second kappa shape index (κ2) is 9.51. The van der Waals surface area contributed by atoms with E-state index in [2.05, 4.69) is 5.32 Å². The first kappa shape index (κ1) is 23.2. The summed E-state index contributed by atoms with van der Waals surface area (Å²) >= 11 is 0. The van der Waals surface area contributed by atoms with Gasteiger partial charge >= 0.3 is 5.97 Å². The molecule has 0 bridgehead atoms. The van der Waals surface area contributed by atoms with Crippen molar-refractivity contribution < 1.29 is 18.7 Å². The standard InChI is InChI=1S/C28H27NO5/c1-5-14-33-28(32)24-18(4)29-17(3)23(26(31)19-10-7-6-8-11-19)25(24)21-13-9-12-20-22(30)15-16(2)34-27(20)21/h6-13,15,25,29H,5,14H2,1-4H3. The zero-order chi connectivity index (χ0) is 24.4. The highest BCUT2D eigenvalue weighted by Gasteiger charge is 2.38. The Hall–Kier alpha value is -3.93. The summed E-state index contributed by atoms with van der Waals surface area (Å²) in [5.41, 5.74) is 3.23. The summed E-state index contributed by atoms with van der Waals surface area (Å²) in [5.74, 6) is -1.04. The number of nitrogens with one attached hydrogen (secondary N) is 1. The fraction of sp³-hybridized carbons (Fsp3) is 0.250. The molecule has 3 aromatic rings. The van der Waals surface area contributed by atoms with Crippen molar-refractivity contribution in [3.63, 3.8) is 0 Å². The summed E-state index contributed by atoms with van der Waals surface area (Å²) in [5, 5.41) is 3.60. The fourth-order valence-electron chi connectivity index (χ4n) is 4.44. The minimum Gasteiger partial charge on any atom is -0.462 e. The molecule has 4 rings (SSSR count). The molecule has 2 aromatic carbocycles. The Labute approximate surface area is 197 Å². The van der Waals surface area contributed by atoms with Gasteiger partial charge in [-0.15, -0.1) is 0 Å². The van der Waals surface area contributed by atoms with Gasteiger partial charge in [0.25, 0.3) is 0 Å². The van der Waals surface area contributed by atoms with Crippen LogP contribution in [0.25, 0.3) is 11.0 Å². The topological polar surface area (TPSA) is 85.6 Å². The number of fused-ring (bicyclic) bond motifs is 1. The predicted octanol–water partition coefficient (Wildman–Crippen LogP) is 5.17. The lowest BCUT2D eigenvalue weighted by Crippen LogP contribution is -2.32. The molecule has 2 heterocycles. The van der Waals surface area contributed by atoms with E-state index >= 15 is 0 Å². The number of para-hydroxylation sites is 1. The number of Topliss-reactive ketones (excluding diaryl/α,β-unsaturated/α-hetero) is 1. The van der Waals surface area contributed by atoms with E-state index in [-0.39, 0.29) is 17.8 Å². The Morgan fingerprint density at radius 2 is 1.68 bits per heavy atom. The fourth-order valence-corrected chi connectivity index (χ4v) is 4.44. The van der Waals surface area contributed by atoms with Crippen LogP contribution in [0.4, 0.5) is 0 Å². The number of ether oxygens (including phenoxy) is 1. The van der Waals surface area contributed by atoms with Crippen molar-refractivity contribution in [1.29, 1.82) is 0 Å². The molecule has 1 N–H and O–H groups in total. The van der Waals surface area contributed by atoms with Gasteiger partial charge in [-0.25, -0.2) is 4.79 Å². The van der Waals surface area contributed by atoms with E-state index in [1.54, 1.807) is 56.3 Å². The average molecular weight is 458 g/mol. The second-order valence-corrected chi connectivity index (χ2v) is 8.41. The maximum Gasteiger partial charge on any atom is 0.336 e. The second-order valence-electron chi connectivity index (χ2n) is 8.41. The monoisotopic (exact) mass is 457 g/mol. The summed E-state index contributed by atoms with van der Waals surface area (Å²) in [6.07, 6.45) is 0.670. The zero-order valence-electron chi connectivity index (χ0n) is 19.7. The number of ketones is 1. The van der Waals surface area contributed by atoms with Crippen molar-refractivity contribution in [2.45, 2.75) is 40.0 Å². The molecule has 0 saturated heterocycles. The summed E-state index contributed by atoms with van der Waals surface area (Å²) in [6.45, 7) is 7.48. The first-order valence-electron chi connectivity index (χ1n) is 11.3. The third-order valence-electron chi connectivity index (χ3n) is 5.92. The highest BCUT2D eigenvalue weighted by Crippen LogP contribution is 2.42. The predicted molar refractivity (Wildman–Crippen MR) is 131 cm³/mol. The van der Waals surface area contributed by atoms with Crippen molar-refractivity contribution in [3.05, 3.63) is 104 Å². The largest absolute Gasteiger partial charge is 0.462 e. The first-order valence-corrected chi connectivity index (χ1v) is 11.3. The summed E-state index contributed by atoms with van der Waals surface area (Å²) in [4.78, 5) is 39.8. The summed E-state index contributed by atoms with van der Waals surface area (Å²) in [7, 11) is 0. The smallest absolute Gasteiger partial charge is 0.336 e. The van der Waals surface area contributed by atoms with Gasteiger partial charge in [0.2, 0.25) is 0 Å². The van der Waals surface area contributed by atoms with E-state index in [0.717, 1.165) is 0 Å². The van der Waals surface area contributed by atoms with Gasteiger partial charge in [0.1, 0.15) is 11.3 Å². The Morgan fingerprint density at radius 1 is 0.971 bits per heavy atom. The molecule has 1 aliphatic rings. The van der Waals surface area contributed by atoms with Gasteiger partial charge in [0, 0.05) is 34.2 Å². The lowest BCUT2D eigenvalue weighted by molar-refractivity contribution is -0.139. The van der Waals surface area contributed by atoms with E-state index in [0.29, 0.717) is 56.8 Å². The highest BCUT2D eigenvalue weighted by molar-refractivity contribution is 6.12. The van der Waals surface area contributed by atoms with Crippen LogP contribution in [-0.2, 0) is 9.53 Å². The SMILES string of the molecule is CCCOC(=O)C1=C(C)NC(C)=C(C(=O)c2ccccc2)C1c1cccc2c(=O)cc(C)oc12. The quantitative estimate of drug-likeness (QED) is 0.406. The van der Waals surface area contributed by atoms with Crippen LogP contribution >= 0.6 is 0 Å². The van der Waals surface area contributed by atoms with Crippen LogP contribution in [0.3, 0.4) is 0 Å². The number of carbonyl (C=O) groups excluding carboxylic acids is 2. The lowest BCUT2D eigenvalue weighted by atomic mass is 9.77. The number of dihydropyridines is 1. The van der Waals surface area contributed by atoms with Crippen LogP contribution in [0.5, 0.6) is 0 Å². The highest BCUT2D eigenvalue weighted by atomic mass is 16.5. The third-order valence-corrected chi connectivity index (χ3v) is 5.92. The molecule has 1 aromatic heterocycles. The van der Waals surface area contributed by atoms with Crippen LogP contribution in [0.15, 0.2) is 86.3 Å². The van der Waals surface area contributed by atoms with Crippen LogP contribution < -0.4 is 10.7 Å². The average Bonchev–Trinajstić information content (AvgIpc) is 2.82. The Morgan fingerprint density at radius 3 is 2.38 bits per heavy atom. The molecule has 6 heteroatoms. The van der Waals surface area contributed by atoms with E-state index in [1.165, 1.54) is 6.07 Å². The van der Waals surface area contributed by atoms with Gasteiger partial charge in [-0.3, -0.25) is 9.59 Å². The Kier molecular flexibility index (Phi) is 6.50. The normalized spacial score (nSPS) is 15.9. The molecule has 6 nitrogen and oxygen atoms in total. The Bertz CT molecular complexity index is 1400. The molecule has 0 amide bonds. The van der Waals surface area contributed by atoms with E-state index < -0.39 is 11.9 Å². The van der Waals surface area contributed by atoms with Crippen LogP contribution in [0.1, 0.15) is 54.8 Å². The molecular weight excluding hydrogens is 430 g/mol. The van der Waals surface area contributed by atoms with Crippen LogP contribution in [-0.4, -0.2) is 18.4 Å². The van der Waals surface area contributed by atoms with Crippen molar-refractivity contribution in [2.75, 3.05) is 6.61 Å². The molecule has 34 heavy (non-hydrogen) atoms. The number of hydrogen-bond acceptors (Lipinski definition) is 6. The van der Waals surface area contributed by atoms with Gasteiger partial charge in [0.05, 0.1) is 23.5 Å². The van der Waals surface area contributed by atoms with Crippen molar-refractivity contribution >= 4 is 22.7 Å². The number of aryl methyl sites for hydroxylation is 1. The summed E-state index contributed by atoms with van der Waals surface area (Å²) in [6, 6.07) is 15.6. The maximum absolute atomic E-state index is 13.8. The van der Waals surface area contributed by atoms with E-state index in [1.807, 2.05) is 19.9 Å². The minimum atomic E-state index is -0.771. The van der Waals surface area contributed by atoms with Gasteiger partial charge in [-0.1, -0.05) is 49.4 Å². The molecule has 0 spiro atoms. The van der Waals surface area contributed by atoms with Crippen LogP contribution in [0, 0.1) is 6.92 Å². The van der Waals surface area contributed by atoms with Crippen molar-refractivity contribution in [1.82, 2.24) is 5.32 Å². The van der Waals surface area contributed by atoms with Crippen molar-refractivity contribution in [2.24, 2.45) is 0 Å². The Balaban J connectivity index is 2.00. The van der Waals surface area contributed by atoms with Crippen LogP contribution in [0.2, 0.25) is 0 Å². The molecular formula is C28H27NO5. The molecule has 0 aliphatic carbocycles. The number of allylic oxidation sites excluding steroid dienone is 3. The lowest BCUT2D eigenvalue weighted by Gasteiger charge is -2.31. The molecule has 0 saturated carbocycles. The number of esters is 1. The number of carbonyl (C=O) groups is 2.